The summed E-state index contributed by atoms with van der Waals surface area (Å²) in [6.07, 6.45) is 3.51. The van der Waals surface area contributed by atoms with Crippen molar-refractivity contribution in [1.29, 1.82) is 0 Å². The fraction of sp³-hybridized carbons (Fsp3) is 0.462. The molecule has 0 radical (unpaired) electrons. The summed E-state index contributed by atoms with van der Waals surface area (Å²) in [7, 11) is -2.82. The van der Waals surface area contributed by atoms with Crippen molar-refractivity contribution in [2.75, 3.05) is 27.1 Å². The van der Waals surface area contributed by atoms with Crippen molar-refractivity contribution in [3.05, 3.63) is 58.1 Å². The average molecular weight is 655 g/mol. The van der Waals surface area contributed by atoms with Gasteiger partial charge in [0.1, 0.15) is 29.7 Å². The summed E-state index contributed by atoms with van der Waals surface area (Å²) in [4.78, 5) is 40.1. The number of phosphoric acid groups is 1. The molecule has 0 saturated heterocycles. The first-order valence-electron chi connectivity index (χ1n) is 12.7. The van der Waals surface area contributed by atoms with E-state index < -0.39 is 37.9 Å². The van der Waals surface area contributed by atoms with E-state index in [2.05, 4.69) is 15.2 Å². The van der Waals surface area contributed by atoms with Crippen LogP contribution in [0.1, 0.15) is 32.1 Å². The molecule has 3 fully saturated rings. The summed E-state index contributed by atoms with van der Waals surface area (Å²) in [5, 5.41) is 6.28. The second-order valence-corrected chi connectivity index (χ2v) is 11.8. The first-order chi connectivity index (χ1) is 19.8. The van der Waals surface area contributed by atoms with Crippen LogP contribution in [0.4, 0.5) is 8.78 Å². The fourth-order valence-corrected chi connectivity index (χ4v) is 5.42. The van der Waals surface area contributed by atoms with Crippen molar-refractivity contribution in [3.63, 3.8) is 0 Å². The lowest BCUT2D eigenvalue weighted by Crippen LogP contribution is -2.69. The van der Waals surface area contributed by atoms with Crippen LogP contribution in [0.2, 0.25) is 10.0 Å². The largest absolute Gasteiger partial charge is 0.486 e. The number of hydrogen-bond acceptors (Lipinski definition) is 8. The maximum absolute atomic E-state index is 13.5. The SMILES string of the molecule is CNC12CCC(NC(=O)COc3ccc(Cl)c(F)c3)(CC1)CC2OCOP(=O)(O)O.O=CCOc1ccc(Cl)c(F)c1. The van der Waals surface area contributed by atoms with E-state index in [0.717, 1.165) is 12.1 Å². The number of phosphoric ester groups is 1. The Kier molecular flexibility index (Phi) is 12.1. The zero-order chi connectivity index (χ0) is 31.0. The molecule has 4 N–H and O–H groups in total. The van der Waals surface area contributed by atoms with Gasteiger partial charge in [-0.3, -0.25) is 14.1 Å². The first kappa shape index (κ1) is 34.1. The molecule has 2 aromatic rings. The zero-order valence-corrected chi connectivity index (χ0v) is 24.9. The number of carbonyl (C=O) groups excluding carboxylic acids is 2. The van der Waals surface area contributed by atoms with Gasteiger partial charge in [0, 0.05) is 23.2 Å². The van der Waals surface area contributed by atoms with Crippen LogP contribution in [0.3, 0.4) is 0 Å². The topological polar surface area (TPSA) is 153 Å². The molecule has 232 valence electrons. The van der Waals surface area contributed by atoms with E-state index in [1.54, 1.807) is 0 Å². The molecule has 11 nitrogen and oxygen atoms in total. The lowest BCUT2D eigenvalue weighted by molar-refractivity contribution is -0.145. The molecular weight excluding hydrogens is 624 g/mol. The van der Waals surface area contributed by atoms with Crippen LogP contribution >= 0.6 is 31.0 Å². The molecule has 1 amide bonds. The van der Waals surface area contributed by atoms with E-state index in [0.29, 0.717) is 44.1 Å². The van der Waals surface area contributed by atoms with Gasteiger partial charge < -0.3 is 34.6 Å². The smallest absolute Gasteiger partial charge is 0.471 e. The highest BCUT2D eigenvalue weighted by molar-refractivity contribution is 7.46. The number of carbonyl (C=O) groups is 2. The Hall–Kier alpha value is -2.35. The monoisotopic (exact) mass is 654 g/mol. The van der Waals surface area contributed by atoms with Crippen LogP contribution in [-0.2, 0) is 23.4 Å². The summed E-state index contributed by atoms with van der Waals surface area (Å²) in [5.74, 6) is -1.05. The molecule has 2 bridgehead atoms. The van der Waals surface area contributed by atoms with Crippen LogP contribution in [0.15, 0.2) is 36.4 Å². The fourth-order valence-electron chi connectivity index (χ4n) is 4.98. The lowest BCUT2D eigenvalue weighted by Gasteiger charge is -2.57. The van der Waals surface area contributed by atoms with Crippen LogP contribution < -0.4 is 20.1 Å². The highest BCUT2D eigenvalue weighted by atomic mass is 35.5. The summed E-state index contributed by atoms with van der Waals surface area (Å²) < 4.78 is 57.3. The van der Waals surface area contributed by atoms with Gasteiger partial charge in [-0.15, -0.1) is 0 Å². The number of likely N-dealkylation sites (N-methyl/N-ethyl adjacent to an activating group) is 1. The van der Waals surface area contributed by atoms with Gasteiger partial charge in [0.15, 0.2) is 19.7 Å². The van der Waals surface area contributed by atoms with E-state index in [9.17, 15) is 22.9 Å². The van der Waals surface area contributed by atoms with Gasteiger partial charge in [-0.05, 0) is 63.4 Å². The predicted molar refractivity (Wildman–Crippen MR) is 148 cm³/mol. The third kappa shape index (κ3) is 9.58. The minimum Gasteiger partial charge on any atom is -0.486 e. The molecule has 1 atom stereocenters. The molecule has 1 unspecified atom stereocenters. The number of amides is 1. The number of nitrogens with one attached hydrogen (secondary N) is 2. The van der Waals surface area contributed by atoms with Crippen molar-refractivity contribution in [2.45, 2.75) is 49.3 Å². The van der Waals surface area contributed by atoms with Crippen LogP contribution in [0, 0.1) is 11.6 Å². The Morgan fingerprint density at radius 3 is 2.12 bits per heavy atom. The van der Waals surface area contributed by atoms with Crippen molar-refractivity contribution < 1.29 is 51.5 Å². The van der Waals surface area contributed by atoms with Gasteiger partial charge in [0.2, 0.25) is 0 Å². The van der Waals surface area contributed by atoms with Gasteiger partial charge in [0.05, 0.1) is 16.1 Å². The molecule has 3 saturated carbocycles. The van der Waals surface area contributed by atoms with Crippen LogP contribution in [0.5, 0.6) is 11.5 Å². The maximum Gasteiger partial charge on any atom is 0.471 e. The van der Waals surface area contributed by atoms with Crippen LogP contribution in [0.25, 0.3) is 0 Å². The Morgan fingerprint density at radius 2 is 1.62 bits per heavy atom. The summed E-state index contributed by atoms with van der Waals surface area (Å²) in [6, 6.07) is 7.94. The molecule has 0 spiro atoms. The molecular formula is C26H31Cl2F2N2O9P. The van der Waals surface area contributed by atoms with Gasteiger partial charge in [-0.2, -0.15) is 0 Å². The normalized spacial score (nSPS) is 23.0. The van der Waals surface area contributed by atoms with Gasteiger partial charge in [0.25, 0.3) is 5.91 Å². The number of ether oxygens (including phenoxy) is 3. The van der Waals surface area contributed by atoms with Crippen molar-refractivity contribution in [2.24, 2.45) is 0 Å². The van der Waals surface area contributed by atoms with Gasteiger partial charge in [-0.25, -0.2) is 13.3 Å². The van der Waals surface area contributed by atoms with E-state index in [-0.39, 0.29) is 40.5 Å². The summed E-state index contributed by atoms with van der Waals surface area (Å²) in [6.45, 7) is -0.915. The number of fused-ring (bicyclic) bond motifs is 3. The molecule has 0 heterocycles. The van der Waals surface area contributed by atoms with Gasteiger partial charge in [-0.1, -0.05) is 23.2 Å². The highest BCUT2D eigenvalue weighted by Gasteiger charge is 2.55. The Labute approximate surface area is 251 Å². The first-order valence-corrected chi connectivity index (χ1v) is 15.0. The number of halogens is 4. The predicted octanol–water partition coefficient (Wildman–Crippen LogP) is 4.16. The Balaban J connectivity index is 0.000000337. The lowest BCUT2D eigenvalue weighted by atomic mass is 9.60. The van der Waals surface area contributed by atoms with Crippen LogP contribution in [-0.4, -0.2) is 66.2 Å². The third-order valence-electron chi connectivity index (χ3n) is 7.15. The maximum atomic E-state index is 13.5. The second-order valence-electron chi connectivity index (χ2n) is 9.75. The molecule has 2 aromatic carbocycles. The molecule has 3 aliphatic rings. The quantitative estimate of drug-likeness (QED) is 0.149. The number of rotatable bonds is 12. The Morgan fingerprint density at radius 1 is 1.05 bits per heavy atom. The molecule has 16 heteroatoms. The van der Waals surface area contributed by atoms with Gasteiger partial charge >= 0.3 is 7.82 Å². The third-order valence-corrected chi connectivity index (χ3v) is 8.21. The second kappa shape index (κ2) is 14.9. The number of aldehydes is 1. The summed E-state index contributed by atoms with van der Waals surface area (Å²) in [5.41, 5.74) is -0.862. The molecule has 0 aliphatic heterocycles. The molecule has 3 aliphatic carbocycles. The molecule has 0 aromatic heterocycles. The average Bonchev–Trinajstić information content (AvgIpc) is 2.94. The van der Waals surface area contributed by atoms with E-state index in [4.69, 9.17) is 47.2 Å². The standard InChI is InChI=1S/C18H25ClFN2O7P.C8H6ClFO2/c1-21-18-6-4-17(5-7-18,9-15(18)28-11-29-30(24,25)26)22-16(23)10-27-12-2-3-13(19)14(20)8-12;9-7-2-1-6(5-8(7)10)12-4-3-11/h2-3,8,15,21H,4-7,9-11H2,1H3,(H,22,23)(H2,24,25,26);1-3,5H,4H2. The summed E-state index contributed by atoms with van der Waals surface area (Å²) >= 11 is 11.0. The minimum atomic E-state index is -4.63. The van der Waals surface area contributed by atoms with E-state index >= 15 is 0 Å². The van der Waals surface area contributed by atoms with E-state index in [1.807, 2.05) is 7.05 Å². The zero-order valence-electron chi connectivity index (χ0n) is 22.5. The van der Waals surface area contributed by atoms with Crippen molar-refractivity contribution >= 4 is 43.2 Å². The number of benzene rings is 2. The minimum absolute atomic E-state index is 0.0307. The Bertz CT molecular complexity index is 1290. The van der Waals surface area contributed by atoms with Crippen molar-refractivity contribution in [3.8, 4) is 11.5 Å². The van der Waals surface area contributed by atoms with Crippen molar-refractivity contribution in [1.82, 2.24) is 10.6 Å². The number of hydrogen-bond donors (Lipinski definition) is 4. The highest BCUT2D eigenvalue weighted by Crippen LogP contribution is 2.48. The molecule has 5 rings (SSSR count). The molecule has 42 heavy (non-hydrogen) atoms. The van der Waals surface area contributed by atoms with E-state index in [1.165, 1.54) is 24.3 Å².